The number of allylic oxidation sites excluding steroid dienone is 4. The van der Waals surface area contributed by atoms with E-state index in [9.17, 15) is 0 Å². The van der Waals surface area contributed by atoms with Crippen molar-refractivity contribution in [1.29, 1.82) is 5.26 Å². The first kappa shape index (κ1) is 16.6. The summed E-state index contributed by atoms with van der Waals surface area (Å²) in [5.74, 6) is 0. The summed E-state index contributed by atoms with van der Waals surface area (Å²) < 4.78 is 5.35. The Kier molecular flexibility index (Phi) is 9.94. The second-order valence-corrected chi connectivity index (χ2v) is 4.03. The van der Waals surface area contributed by atoms with Crippen LogP contribution in [0.3, 0.4) is 0 Å². The molecule has 18 heavy (non-hydrogen) atoms. The molecule has 0 heterocycles. The summed E-state index contributed by atoms with van der Waals surface area (Å²) in [6.07, 6.45) is 7.35. The number of hydrogen-bond donors (Lipinski definition) is 0. The number of likely N-dealkylation sites (N-methyl/N-ethyl adjacent to an activating group) is 1. The average molecular weight is 248 g/mol. The van der Waals surface area contributed by atoms with Crippen LogP contribution in [0.4, 0.5) is 0 Å². The molecule has 3 heteroatoms. The van der Waals surface area contributed by atoms with E-state index in [1.54, 1.807) is 6.08 Å². The monoisotopic (exact) mass is 248 g/mol. The number of hydrogen-bond acceptors (Lipinski definition) is 3. The van der Waals surface area contributed by atoms with Gasteiger partial charge in [0.05, 0.1) is 6.07 Å². The summed E-state index contributed by atoms with van der Waals surface area (Å²) in [6.45, 7) is 12.7. The van der Waals surface area contributed by atoms with Gasteiger partial charge in [-0.1, -0.05) is 43.4 Å². The zero-order valence-corrected chi connectivity index (χ0v) is 11.7. The fourth-order valence-corrected chi connectivity index (χ4v) is 1.58. The van der Waals surface area contributed by atoms with E-state index in [0.29, 0.717) is 13.2 Å². The van der Waals surface area contributed by atoms with Crippen LogP contribution in [0.2, 0.25) is 0 Å². The van der Waals surface area contributed by atoms with Gasteiger partial charge in [-0.25, -0.2) is 0 Å². The van der Waals surface area contributed by atoms with E-state index in [0.717, 1.165) is 13.1 Å². The van der Waals surface area contributed by atoms with Crippen molar-refractivity contribution in [1.82, 2.24) is 4.90 Å². The van der Waals surface area contributed by atoms with Gasteiger partial charge in [0.25, 0.3) is 0 Å². The first-order chi connectivity index (χ1) is 8.67. The van der Waals surface area contributed by atoms with E-state index in [2.05, 4.69) is 37.5 Å². The largest absolute Gasteiger partial charge is 0.362 e. The molecule has 0 aliphatic heterocycles. The van der Waals surface area contributed by atoms with Gasteiger partial charge in [0.15, 0.2) is 6.10 Å². The van der Waals surface area contributed by atoms with Crippen molar-refractivity contribution in [3.8, 4) is 6.07 Å². The lowest BCUT2D eigenvalue weighted by Gasteiger charge is -2.23. The molecule has 3 nitrogen and oxygen atoms in total. The predicted octanol–water partition coefficient (Wildman–Crippen LogP) is 2.93. The van der Waals surface area contributed by atoms with Crippen LogP contribution in [0, 0.1) is 11.3 Å². The molecular weight excluding hydrogens is 224 g/mol. The molecule has 0 aromatic carbocycles. The highest BCUT2D eigenvalue weighted by Crippen LogP contribution is 2.02. The van der Waals surface area contributed by atoms with Gasteiger partial charge >= 0.3 is 0 Å². The molecule has 0 saturated heterocycles. The quantitative estimate of drug-likeness (QED) is 0.589. The third-order valence-corrected chi connectivity index (χ3v) is 2.48. The number of nitrogens with zero attached hydrogens (tertiary/aromatic N) is 2. The maximum Gasteiger partial charge on any atom is 0.156 e. The van der Waals surface area contributed by atoms with Gasteiger partial charge in [0, 0.05) is 19.7 Å². The van der Waals surface area contributed by atoms with E-state index in [-0.39, 0.29) is 6.10 Å². The molecule has 0 spiro atoms. The van der Waals surface area contributed by atoms with Gasteiger partial charge in [0.1, 0.15) is 0 Å². The molecule has 0 aliphatic carbocycles. The van der Waals surface area contributed by atoms with E-state index < -0.39 is 0 Å². The van der Waals surface area contributed by atoms with Crippen LogP contribution in [0.15, 0.2) is 36.5 Å². The second kappa shape index (κ2) is 10.8. The summed E-state index contributed by atoms with van der Waals surface area (Å²) >= 11 is 0. The zero-order chi connectivity index (χ0) is 13.8. The molecule has 0 radical (unpaired) electrons. The first-order valence-corrected chi connectivity index (χ1v) is 6.36. The van der Waals surface area contributed by atoms with Crippen molar-refractivity contribution < 1.29 is 4.74 Å². The lowest BCUT2D eigenvalue weighted by Crippen LogP contribution is -2.34. The third-order valence-electron chi connectivity index (χ3n) is 2.48. The first-order valence-electron chi connectivity index (χ1n) is 6.36. The van der Waals surface area contributed by atoms with Crippen molar-refractivity contribution in [3.05, 3.63) is 36.5 Å². The number of nitriles is 1. The Labute approximate surface area is 111 Å². The highest BCUT2D eigenvalue weighted by atomic mass is 16.5. The second-order valence-electron chi connectivity index (χ2n) is 4.03. The minimum Gasteiger partial charge on any atom is -0.362 e. The van der Waals surface area contributed by atoms with Crippen molar-refractivity contribution in [2.75, 3.05) is 26.2 Å². The van der Waals surface area contributed by atoms with Gasteiger partial charge in [-0.2, -0.15) is 5.26 Å². The predicted molar refractivity (Wildman–Crippen MR) is 76.2 cm³/mol. The van der Waals surface area contributed by atoms with Crippen molar-refractivity contribution >= 4 is 0 Å². The van der Waals surface area contributed by atoms with Crippen molar-refractivity contribution in [2.24, 2.45) is 0 Å². The van der Waals surface area contributed by atoms with Gasteiger partial charge in [-0.05, 0) is 20.4 Å². The molecule has 0 amide bonds. The third kappa shape index (κ3) is 7.83. The molecule has 0 fully saturated rings. The van der Waals surface area contributed by atoms with Crippen LogP contribution < -0.4 is 0 Å². The molecule has 0 saturated carbocycles. The Morgan fingerprint density at radius 2 is 2.17 bits per heavy atom. The minimum atomic E-state index is -0.341. The summed E-state index contributed by atoms with van der Waals surface area (Å²) in [6, 6.07) is 2.18. The smallest absolute Gasteiger partial charge is 0.156 e. The van der Waals surface area contributed by atoms with Crippen molar-refractivity contribution in [3.63, 3.8) is 0 Å². The fourth-order valence-electron chi connectivity index (χ4n) is 1.58. The van der Waals surface area contributed by atoms with Crippen molar-refractivity contribution in [2.45, 2.75) is 26.9 Å². The molecule has 0 bridgehead atoms. The standard InChI is InChI=1S/C15H24N2O/c1-5-8-9-10-14(4)12-17(6-2)13-15(11-16)18-7-3/h5,8-10,15H,1,6-7,12-13H2,2-4H3/b9-8-,14-10+. The van der Waals surface area contributed by atoms with Crippen LogP contribution >= 0.6 is 0 Å². The lowest BCUT2D eigenvalue weighted by molar-refractivity contribution is 0.0724. The minimum absolute atomic E-state index is 0.341. The maximum absolute atomic E-state index is 8.97. The molecule has 1 unspecified atom stereocenters. The molecule has 0 rings (SSSR count). The van der Waals surface area contributed by atoms with Crippen LogP contribution in [0.5, 0.6) is 0 Å². The molecule has 0 aliphatic rings. The SMILES string of the molecule is C=C/C=C\C=C(/C)CN(CC)CC(C#N)OCC. The highest BCUT2D eigenvalue weighted by molar-refractivity contribution is 5.15. The van der Waals surface area contributed by atoms with Crippen LogP contribution in [0.25, 0.3) is 0 Å². The average Bonchev–Trinajstić information content (AvgIpc) is 2.37. The van der Waals surface area contributed by atoms with Gasteiger partial charge in [-0.15, -0.1) is 0 Å². The zero-order valence-electron chi connectivity index (χ0n) is 11.7. The van der Waals surface area contributed by atoms with Gasteiger partial charge in [0.2, 0.25) is 0 Å². The molecular formula is C15H24N2O. The van der Waals surface area contributed by atoms with Gasteiger partial charge < -0.3 is 4.74 Å². The van der Waals surface area contributed by atoms with Crippen LogP contribution in [-0.4, -0.2) is 37.2 Å². The van der Waals surface area contributed by atoms with Crippen LogP contribution in [-0.2, 0) is 4.74 Å². The Bertz CT molecular complexity index is 326. The summed E-state index contributed by atoms with van der Waals surface area (Å²) in [5.41, 5.74) is 1.25. The number of ether oxygens (including phenoxy) is 1. The Morgan fingerprint density at radius 3 is 2.67 bits per heavy atom. The summed E-state index contributed by atoms with van der Waals surface area (Å²) in [4.78, 5) is 2.21. The summed E-state index contributed by atoms with van der Waals surface area (Å²) in [5, 5.41) is 8.97. The Balaban J connectivity index is 4.33. The molecule has 0 N–H and O–H groups in total. The topological polar surface area (TPSA) is 36.3 Å². The molecule has 0 aromatic heterocycles. The normalized spacial score (nSPS) is 13.8. The molecule has 1 atom stereocenters. The molecule has 100 valence electrons. The van der Waals surface area contributed by atoms with Gasteiger partial charge in [-0.3, -0.25) is 4.90 Å². The van der Waals surface area contributed by atoms with Crippen LogP contribution in [0.1, 0.15) is 20.8 Å². The molecule has 0 aromatic rings. The van der Waals surface area contributed by atoms with E-state index in [1.807, 2.05) is 19.1 Å². The maximum atomic E-state index is 8.97. The lowest BCUT2D eigenvalue weighted by atomic mass is 10.2. The van der Waals surface area contributed by atoms with E-state index >= 15 is 0 Å². The number of rotatable bonds is 9. The van der Waals surface area contributed by atoms with E-state index in [1.165, 1.54) is 5.57 Å². The summed E-state index contributed by atoms with van der Waals surface area (Å²) in [7, 11) is 0. The van der Waals surface area contributed by atoms with E-state index in [4.69, 9.17) is 10.00 Å². The Hall–Kier alpha value is -1.37. The Morgan fingerprint density at radius 1 is 1.44 bits per heavy atom. The highest BCUT2D eigenvalue weighted by Gasteiger charge is 2.12. The fraction of sp³-hybridized carbons (Fsp3) is 0.533.